The van der Waals surface area contributed by atoms with Gasteiger partial charge in [0.15, 0.2) is 19.7 Å². The first-order valence-corrected chi connectivity index (χ1v) is 15.6. The van der Waals surface area contributed by atoms with Crippen molar-refractivity contribution in [1.82, 2.24) is 4.90 Å². The van der Waals surface area contributed by atoms with Crippen molar-refractivity contribution in [2.75, 3.05) is 13.1 Å². The fourth-order valence-electron chi connectivity index (χ4n) is 4.87. The van der Waals surface area contributed by atoms with E-state index in [1.54, 1.807) is 19.9 Å². The Morgan fingerprint density at radius 2 is 1.58 bits per heavy atom. The highest BCUT2D eigenvalue weighted by Crippen LogP contribution is 2.40. The molecule has 2 aromatic carbocycles. The number of rotatable bonds is 7. The van der Waals surface area contributed by atoms with Crippen molar-refractivity contribution in [3.05, 3.63) is 58.1 Å². The molecule has 0 bridgehead atoms. The second kappa shape index (κ2) is 9.71. The number of hydrogen-bond acceptors (Lipinski definition) is 5. The lowest BCUT2D eigenvalue weighted by atomic mass is 9.85. The minimum Gasteiger partial charge on any atom is -0.299 e. The zero-order valence-electron chi connectivity index (χ0n) is 20.1. The zero-order chi connectivity index (χ0) is 26.5. The SMILES string of the molecule is CC(C)(C1CCN(Cc2ccc(Br)cc2S(=O)(=O)C2CC2)CC1)S(=O)(=O)c1cccc(C(F)(F)F)c1. The summed E-state index contributed by atoms with van der Waals surface area (Å²) in [6.07, 6.45) is -2.21. The van der Waals surface area contributed by atoms with Crippen LogP contribution in [0.2, 0.25) is 0 Å². The topological polar surface area (TPSA) is 71.5 Å². The monoisotopic (exact) mass is 607 g/mol. The van der Waals surface area contributed by atoms with Crippen molar-refractivity contribution >= 4 is 35.6 Å². The molecule has 2 aliphatic rings. The zero-order valence-corrected chi connectivity index (χ0v) is 23.3. The van der Waals surface area contributed by atoms with Gasteiger partial charge in [-0.05, 0) is 94.4 Å². The van der Waals surface area contributed by atoms with Gasteiger partial charge in [0.2, 0.25) is 0 Å². The highest BCUT2D eigenvalue weighted by Gasteiger charge is 2.45. The Balaban J connectivity index is 1.49. The highest BCUT2D eigenvalue weighted by molar-refractivity contribution is 9.10. The predicted molar refractivity (Wildman–Crippen MR) is 135 cm³/mol. The Hall–Kier alpha value is -1.43. The summed E-state index contributed by atoms with van der Waals surface area (Å²) in [5.41, 5.74) is -0.264. The first kappa shape index (κ1) is 27.6. The summed E-state index contributed by atoms with van der Waals surface area (Å²) in [6, 6.07) is 9.20. The molecule has 2 fully saturated rings. The number of hydrogen-bond donors (Lipinski definition) is 0. The summed E-state index contributed by atoms with van der Waals surface area (Å²) in [4.78, 5) is 2.13. The van der Waals surface area contributed by atoms with Crippen LogP contribution in [0, 0.1) is 5.92 Å². The predicted octanol–water partition coefficient (Wildman–Crippen LogP) is 5.87. The number of nitrogens with zero attached hydrogens (tertiary/aromatic N) is 1. The van der Waals surface area contributed by atoms with Crippen LogP contribution in [0.1, 0.15) is 50.7 Å². The molecule has 11 heteroatoms. The van der Waals surface area contributed by atoms with Gasteiger partial charge in [-0.25, -0.2) is 16.8 Å². The van der Waals surface area contributed by atoms with Gasteiger partial charge in [0.1, 0.15) is 0 Å². The molecule has 0 atom stereocenters. The summed E-state index contributed by atoms with van der Waals surface area (Å²) >= 11 is 3.37. The third-order valence-electron chi connectivity index (χ3n) is 7.43. The lowest BCUT2D eigenvalue weighted by Crippen LogP contribution is -2.46. The first-order valence-electron chi connectivity index (χ1n) is 11.8. The Bertz CT molecular complexity index is 1350. The minimum absolute atomic E-state index is 0.257. The number of halogens is 4. The molecule has 1 saturated heterocycles. The second-order valence-electron chi connectivity index (χ2n) is 10.2. The summed E-state index contributed by atoms with van der Waals surface area (Å²) in [6.45, 7) is 4.72. The molecule has 1 aliphatic heterocycles. The average molecular weight is 609 g/mol. The molecule has 36 heavy (non-hydrogen) atoms. The molecule has 0 aromatic heterocycles. The van der Waals surface area contributed by atoms with Crippen LogP contribution in [-0.4, -0.2) is 44.8 Å². The molecule has 0 unspecified atom stereocenters. The summed E-state index contributed by atoms with van der Waals surface area (Å²) in [5.74, 6) is -0.257. The standard InChI is InChI=1S/C25H29BrF3NO4S2/c1-24(2,36(33,34)22-5-3-4-19(14-22)25(27,28)29)18-10-12-30(13-11-18)16-17-6-7-20(26)15-23(17)35(31,32)21-8-9-21/h3-7,14-15,18,21H,8-13,16H2,1-2H3. The third-order valence-corrected chi connectivity index (χ3v) is 12.9. The van der Waals surface area contributed by atoms with E-state index in [1.165, 1.54) is 6.07 Å². The largest absolute Gasteiger partial charge is 0.416 e. The van der Waals surface area contributed by atoms with Gasteiger partial charge in [-0.1, -0.05) is 28.1 Å². The smallest absolute Gasteiger partial charge is 0.299 e. The lowest BCUT2D eigenvalue weighted by molar-refractivity contribution is -0.137. The molecule has 4 rings (SSSR count). The third kappa shape index (κ3) is 5.39. The first-order chi connectivity index (χ1) is 16.6. The fraction of sp³-hybridized carbons (Fsp3) is 0.520. The fourth-order valence-corrected chi connectivity index (χ4v) is 9.11. The lowest BCUT2D eigenvalue weighted by Gasteiger charge is -2.40. The Morgan fingerprint density at radius 1 is 0.944 bits per heavy atom. The van der Waals surface area contributed by atoms with Crippen molar-refractivity contribution in [3.8, 4) is 0 Å². The van der Waals surface area contributed by atoms with Gasteiger partial charge >= 0.3 is 6.18 Å². The van der Waals surface area contributed by atoms with Crippen molar-refractivity contribution in [3.63, 3.8) is 0 Å². The van der Waals surface area contributed by atoms with Gasteiger partial charge in [0.05, 0.1) is 25.4 Å². The van der Waals surface area contributed by atoms with E-state index in [0.29, 0.717) is 60.8 Å². The molecule has 1 saturated carbocycles. The maximum absolute atomic E-state index is 13.4. The summed E-state index contributed by atoms with van der Waals surface area (Å²) < 4.78 is 91.6. The van der Waals surface area contributed by atoms with Gasteiger partial charge in [-0.2, -0.15) is 13.2 Å². The molecule has 0 spiro atoms. The number of benzene rings is 2. The highest BCUT2D eigenvalue weighted by atomic mass is 79.9. The van der Waals surface area contributed by atoms with Crippen molar-refractivity contribution in [2.45, 2.75) is 72.0 Å². The van der Waals surface area contributed by atoms with Crippen molar-refractivity contribution < 1.29 is 30.0 Å². The average Bonchev–Trinajstić information content (AvgIpc) is 3.66. The molecule has 0 radical (unpaired) electrons. The van der Waals surface area contributed by atoms with E-state index in [4.69, 9.17) is 0 Å². The van der Waals surface area contributed by atoms with Crippen LogP contribution in [0.5, 0.6) is 0 Å². The van der Waals surface area contributed by atoms with E-state index in [2.05, 4.69) is 20.8 Å². The number of likely N-dealkylation sites (tertiary alicyclic amines) is 1. The van der Waals surface area contributed by atoms with E-state index >= 15 is 0 Å². The van der Waals surface area contributed by atoms with Crippen LogP contribution in [-0.2, 0) is 32.4 Å². The molecule has 1 aliphatic carbocycles. The molecule has 2 aromatic rings. The quantitative estimate of drug-likeness (QED) is 0.394. The number of alkyl halides is 3. The molecule has 198 valence electrons. The van der Waals surface area contributed by atoms with Gasteiger partial charge < -0.3 is 0 Å². The Kier molecular flexibility index (Phi) is 7.44. The molecule has 0 amide bonds. The van der Waals surface area contributed by atoms with Gasteiger partial charge in [-0.3, -0.25) is 4.90 Å². The van der Waals surface area contributed by atoms with Crippen LogP contribution < -0.4 is 0 Å². The van der Waals surface area contributed by atoms with E-state index in [-0.39, 0.29) is 16.1 Å². The van der Waals surface area contributed by atoms with Crippen LogP contribution in [0.25, 0.3) is 0 Å². The van der Waals surface area contributed by atoms with Crippen molar-refractivity contribution in [1.29, 1.82) is 0 Å². The summed E-state index contributed by atoms with van der Waals surface area (Å²) in [5, 5.41) is -0.321. The van der Waals surface area contributed by atoms with E-state index in [0.717, 1.165) is 17.7 Å². The second-order valence-corrected chi connectivity index (χ2v) is 15.8. The molecular weight excluding hydrogens is 579 g/mol. The normalized spacial score (nSPS) is 18.9. The van der Waals surface area contributed by atoms with E-state index < -0.39 is 36.2 Å². The molecule has 1 heterocycles. The van der Waals surface area contributed by atoms with Crippen molar-refractivity contribution in [2.24, 2.45) is 5.92 Å². The van der Waals surface area contributed by atoms with Crippen LogP contribution in [0.3, 0.4) is 0 Å². The van der Waals surface area contributed by atoms with Gasteiger partial charge in [0.25, 0.3) is 0 Å². The number of piperidine rings is 1. The minimum atomic E-state index is -4.63. The van der Waals surface area contributed by atoms with E-state index in [9.17, 15) is 30.0 Å². The number of sulfone groups is 2. The molecular formula is C25H29BrF3NO4S2. The molecule has 5 nitrogen and oxygen atoms in total. The molecule has 0 N–H and O–H groups in total. The van der Waals surface area contributed by atoms with Crippen LogP contribution >= 0.6 is 15.9 Å². The Morgan fingerprint density at radius 3 is 2.17 bits per heavy atom. The summed E-state index contributed by atoms with van der Waals surface area (Å²) in [7, 11) is -7.42. The maximum Gasteiger partial charge on any atom is 0.416 e. The van der Waals surface area contributed by atoms with Gasteiger partial charge in [-0.15, -0.1) is 0 Å². The van der Waals surface area contributed by atoms with Gasteiger partial charge in [0, 0.05) is 11.0 Å². The van der Waals surface area contributed by atoms with Crippen LogP contribution in [0.4, 0.5) is 13.2 Å². The Labute approximate surface area is 219 Å². The maximum atomic E-state index is 13.4. The van der Waals surface area contributed by atoms with Crippen LogP contribution in [0.15, 0.2) is 56.7 Å². The van der Waals surface area contributed by atoms with E-state index in [1.807, 2.05) is 12.1 Å².